The Morgan fingerprint density at radius 1 is 1.27 bits per heavy atom. The van der Waals surface area contributed by atoms with Gasteiger partial charge in [0.25, 0.3) is 0 Å². The third-order valence-corrected chi connectivity index (χ3v) is 3.89. The maximum atomic E-state index is 13.1. The van der Waals surface area contributed by atoms with E-state index in [4.69, 9.17) is 37.8 Å². The number of carboxylic acids is 1. The van der Waals surface area contributed by atoms with E-state index in [9.17, 15) is 18.0 Å². The maximum Gasteiger partial charge on any atom is 0.430 e. The number of halogens is 5. The first-order chi connectivity index (χ1) is 12.1. The van der Waals surface area contributed by atoms with E-state index in [0.717, 1.165) is 12.1 Å². The number of aromatic nitrogens is 1. The Kier molecular flexibility index (Phi) is 4.72. The van der Waals surface area contributed by atoms with Gasteiger partial charge >= 0.3 is 12.1 Å². The molecule has 2 aromatic rings. The van der Waals surface area contributed by atoms with E-state index in [1.807, 2.05) is 0 Å². The second kappa shape index (κ2) is 6.69. The molecular weight excluding hydrogens is 398 g/mol. The fraction of sp³-hybridized carbons (Fsp3) is 0.125. The van der Waals surface area contributed by atoms with Gasteiger partial charge in [0, 0.05) is 28.9 Å². The Labute approximate surface area is 154 Å². The molecule has 0 bridgehead atoms. The summed E-state index contributed by atoms with van der Waals surface area (Å²) in [4.78, 5) is 15.0. The molecule has 2 heterocycles. The van der Waals surface area contributed by atoms with Gasteiger partial charge in [-0.05, 0) is 18.2 Å². The van der Waals surface area contributed by atoms with Crippen molar-refractivity contribution in [3.63, 3.8) is 0 Å². The van der Waals surface area contributed by atoms with Gasteiger partial charge in [0.2, 0.25) is 12.0 Å². The quantitative estimate of drug-likeness (QED) is 0.780. The zero-order chi connectivity index (χ0) is 19.1. The Morgan fingerprint density at radius 2 is 2.00 bits per heavy atom. The molecule has 0 saturated heterocycles. The van der Waals surface area contributed by atoms with Crippen LogP contribution in [-0.2, 0) is 4.79 Å². The molecule has 5 nitrogen and oxygen atoms in total. The van der Waals surface area contributed by atoms with E-state index in [-0.39, 0.29) is 28.0 Å². The van der Waals surface area contributed by atoms with Crippen LogP contribution in [0.2, 0.25) is 10.0 Å². The van der Waals surface area contributed by atoms with Crippen LogP contribution in [0.15, 0.2) is 36.0 Å². The highest BCUT2D eigenvalue weighted by Crippen LogP contribution is 2.42. The zero-order valence-corrected chi connectivity index (χ0v) is 14.1. The Morgan fingerprint density at radius 3 is 2.62 bits per heavy atom. The molecular formula is C16H8Cl2F3NO4. The molecule has 136 valence electrons. The van der Waals surface area contributed by atoms with Gasteiger partial charge in [-0.2, -0.15) is 13.2 Å². The highest BCUT2D eigenvalue weighted by Gasteiger charge is 2.48. The molecule has 1 aromatic heterocycles. The minimum absolute atomic E-state index is 0.0201. The van der Waals surface area contributed by atoms with Crippen LogP contribution in [0.25, 0.3) is 6.08 Å². The highest BCUT2D eigenvalue weighted by atomic mass is 35.5. The van der Waals surface area contributed by atoms with Crippen LogP contribution in [0.3, 0.4) is 0 Å². The normalized spacial score (nSPS) is 16.3. The summed E-state index contributed by atoms with van der Waals surface area (Å²) in [7, 11) is 0. The third-order valence-electron chi connectivity index (χ3n) is 3.36. The van der Waals surface area contributed by atoms with Crippen molar-refractivity contribution in [2.24, 2.45) is 0 Å². The summed E-state index contributed by atoms with van der Waals surface area (Å²) in [6.07, 6.45) is -5.27. The van der Waals surface area contributed by atoms with Crippen molar-refractivity contribution >= 4 is 35.2 Å². The number of rotatable bonds is 3. The number of fused-ring (bicyclic) bond motifs is 1. The molecule has 1 aromatic carbocycles. The molecule has 1 aliphatic heterocycles. The number of alkyl halides is 3. The fourth-order valence-corrected chi connectivity index (χ4v) is 2.61. The summed E-state index contributed by atoms with van der Waals surface area (Å²) in [5.74, 6) is -1.91. The first-order valence-electron chi connectivity index (χ1n) is 6.96. The van der Waals surface area contributed by atoms with Crippen molar-refractivity contribution in [2.75, 3.05) is 0 Å². The summed E-state index contributed by atoms with van der Waals surface area (Å²) >= 11 is 11.9. The lowest BCUT2D eigenvalue weighted by Crippen LogP contribution is -2.40. The number of hydrogen-bond acceptors (Lipinski definition) is 4. The average Bonchev–Trinajstić information content (AvgIpc) is 2.53. The predicted molar refractivity (Wildman–Crippen MR) is 86.9 cm³/mol. The van der Waals surface area contributed by atoms with Crippen molar-refractivity contribution in [2.45, 2.75) is 12.3 Å². The van der Waals surface area contributed by atoms with Gasteiger partial charge in [0.15, 0.2) is 5.75 Å². The molecule has 10 heteroatoms. The maximum absolute atomic E-state index is 13.1. The van der Waals surface area contributed by atoms with Crippen LogP contribution >= 0.6 is 23.2 Å². The van der Waals surface area contributed by atoms with E-state index in [1.54, 1.807) is 0 Å². The van der Waals surface area contributed by atoms with Crippen LogP contribution in [0.5, 0.6) is 17.4 Å². The minimum atomic E-state index is -4.91. The number of carbonyl (C=O) groups is 1. The van der Waals surface area contributed by atoms with Crippen LogP contribution in [0.4, 0.5) is 13.2 Å². The Bertz CT molecular complexity index is 915. The van der Waals surface area contributed by atoms with Crippen molar-refractivity contribution in [1.29, 1.82) is 0 Å². The van der Waals surface area contributed by atoms with E-state index < -0.39 is 23.8 Å². The molecule has 1 unspecified atom stereocenters. The second-order valence-corrected chi connectivity index (χ2v) is 6.02. The molecule has 1 atom stereocenters. The summed E-state index contributed by atoms with van der Waals surface area (Å²) in [6.45, 7) is 0. The van der Waals surface area contributed by atoms with E-state index in [0.29, 0.717) is 5.02 Å². The number of pyridine rings is 1. The monoisotopic (exact) mass is 405 g/mol. The number of aliphatic carboxylic acids is 1. The van der Waals surface area contributed by atoms with Gasteiger partial charge in [-0.1, -0.05) is 23.2 Å². The number of benzene rings is 1. The first-order valence-corrected chi connectivity index (χ1v) is 7.72. The molecule has 26 heavy (non-hydrogen) atoms. The van der Waals surface area contributed by atoms with E-state index in [2.05, 4.69) is 4.98 Å². The Hall–Kier alpha value is -2.45. The molecule has 0 saturated carbocycles. The first kappa shape index (κ1) is 18.3. The lowest BCUT2D eigenvalue weighted by molar-refractivity contribution is -0.187. The number of ether oxygens (including phenoxy) is 2. The lowest BCUT2D eigenvalue weighted by atomic mass is 10.0. The zero-order valence-electron chi connectivity index (χ0n) is 12.6. The lowest BCUT2D eigenvalue weighted by Gasteiger charge is -2.27. The Balaban J connectivity index is 2.01. The molecule has 0 amide bonds. The van der Waals surface area contributed by atoms with Crippen molar-refractivity contribution in [3.05, 3.63) is 51.6 Å². The number of hydrogen-bond donors (Lipinski definition) is 1. The van der Waals surface area contributed by atoms with Crippen molar-refractivity contribution in [3.8, 4) is 17.4 Å². The molecule has 0 aliphatic carbocycles. The van der Waals surface area contributed by atoms with Crippen LogP contribution < -0.4 is 9.47 Å². The SMILES string of the molecule is O=C(O)C1=Cc2cc(Cl)c(Oc3cc(Cl)ccn3)cc2OC1C(F)(F)F. The molecule has 1 aliphatic rings. The smallest absolute Gasteiger partial charge is 0.430 e. The van der Waals surface area contributed by atoms with Crippen LogP contribution in [0, 0.1) is 0 Å². The summed E-state index contributed by atoms with van der Waals surface area (Å²) in [5.41, 5.74) is -0.856. The number of nitrogens with zero attached hydrogens (tertiary/aromatic N) is 1. The van der Waals surface area contributed by atoms with Gasteiger partial charge in [-0.25, -0.2) is 9.78 Å². The summed E-state index contributed by atoms with van der Waals surface area (Å²) < 4.78 is 49.6. The predicted octanol–water partition coefficient (Wildman–Crippen LogP) is 4.97. The topological polar surface area (TPSA) is 68.7 Å². The second-order valence-electron chi connectivity index (χ2n) is 5.18. The van der Waals surface area contributed by atoms with E-state index in [1.165, 1.54) is 24.4 Å². The number of carboxylic acid groups (broad SMARTS) is 1. The van der Waals surface area contributed by atoms with Crippen molar-refractivity contribution in [1.82, 2.24) is 4.98 Å². The molecule has 0 spiro atoms. The summed E-state index contributed by atoms with van der Waals surface area (Å²) in [5, 5.41) is 9.38. The standard InChI is InChI=1S/C16H8Cl2F3NO4/c17-8-1-2-22-13(5-8)25-12-6-11-7(4-10(12)18)3-9(15(23)24)14(26-11)16(19,20)21/h1-6,14H,(H,23,24). The molecule has 3 rings (SSSR count). The third kappa shape index (κ3) is 3.71. The van der Waals surface area contributed by atoms with Crippen LogP contribution in [-0.4, -0.2) is 28.3 Å². The van der Waals surface area contributed by atoms with Gasteiger partial charge in [-0.15, -0.1) is 0 Å². The largest absolute Gasteiger partial charge is 0.478 e. The van der Waals surface area contributed by atoms with Gasteiger partial charge in [0.1, 0.15) is 5.75 Å². The average molecular weight is 406 g/mol. The minimum Gasteiger partial charge on any atom is -0.478 e. The van der Waals surface area contributed by atoms with Crippen LogP contribution in [0.1, 0.15) is 5.56 Å². The molecule has 1 N–H and O–H groups in total. The van der Waals surface area contributed by atoms with E-state index >= 15 is 0 Å². The van der Waals surface area contributed by atoms with Crippen molar-refractivity contribution < 1.29 is 32.5 Å². The highest BCUT2D eigenvalue weighted by molar-refractivity contribution is 6.32. The van der Waals surface area contributed by atoms with Gasteiger partial charge < -0.3 is 14.6 Å². The molecule has 0 radical (unpaired) electrons. The summed E-state index contributed by atoms with van der Waals surface area (Å²) in [6, 6.07) is 5.28. The van der Waals surface area contributed by atoms with Gasteiger partial charge in [-0.3, -0.25) is 0 Å². The molecule has 0 fully saturated rings. The van der Waals surface area contributed by atoms with Gasteiger partial charge in [0.05, 0.1) is 10.6 Å². The fourth-order valence-electron chi connectivity index (χ4n) is 2.25.